The number of benzene rings is 2. The SMILES string of the molecule is CCOc1ccc(Cc2cc(-c3ccc(F)cc3OC)ncn2)cc1N. The van der Waals surface area contributed by atoms with Gasteiger partial charge in [-0.05, 0) is 42.8 Å². The van der Waals surface area contributed by atoms with E-state index < -0.39 is 0 Å². The van der Waals surface area contributed by atoms with Gasteiger partial charge in [0.25, 0.3) is 0 Å². The Kier molecular flexibility index (Phi) is 5.31. The monoisotopic (exact) mass is 353 g/mol. The molecule has 0 saturated carbocycles. The Morgan fingerprint density at radius 2 is 1.88 bits per heavy atom. The number of halogens is 1. The van der Waals surface area contributed by atoms with Gasteiger partial charge in [0.2, 0.25) is 0 Å². The molecule has 6 heteroatoms. The summed E-state index contributed by atoms with van der Waals surface area (Å²) in [5.74, 6) is 0.750. The fourth-order valence-electron chi connectivity index (χ4n) is 2.72. The van der Waals surface area contributed by atoms with Gasteiger partial charge in [-0.15, -0.1) is 0 Å². The van der Waals surface area contributed by atoms with Crippen LogP contribution in [0.3, 0.4) is 0 Å². The number of methoxy groups -OCH3 is 1. The molecule has 0 saturated heterocycles. The van der Waals surface area contributed by atoms with E-state index in [0.717, 1.165) is 11.3 Å². The molecule has 0 bridgehead atoms. The van der Waals surface area contributed by atoms with Crippen molar-refractivity contribution in [2.24, 2.45) is 0 Å². The summed E-state index contributed by atoms with van der Waals surface area (Å²) >= 11 is 0. The molecular formula is C20H20FN3O2. The van der Waals surface area contributed by atoms with E-state index in [0.29, 0.717) is 41.5 Å². The van der Waals surface area contributed by atoms with Gasteiger partial charge >= 0.3 is 0 Å². The second-order valence-electron chi connectivity index (χ2n) is 5.72. The first-order valence-electron chi connectivity index (χ1n) is 8.26. The molecule has 26 heavy (non-hydrogen) atoms. The number of nitrogen functional groups attached to an aromatic ring is 1. The van der Waals surface area contributed by atoms with Gasteiger partial charge in [-0.25, -0.2) is 14.4 Å². The van der Waals surface area contributed by atoms with Gasteiger partial charge in [0, 0.05) is 23.7 Å². The average molecular weight is 353 g/mol. The van der Waals surface area contributed by atoms with E-state index in [-0.39, 0.29) is 5.82 Å². The molecule has 0 unspecified atom stereocenters. The minimum absolute atomic E-state index is 0.357. The molecule has 1 heterocycles. The first kappa shape index (κ1) is 17.7. The molecule has 3 rings (SSSR count). The molecule has 0 spiro atoms. The number of nitrogens with two attached hydrogens (primary N) is 1. The maximum atomic E-state index is 13.4. The van der Waals surface area contributed by atoms with Crippen molar-refractivity contribution < 1.29 is 13.9 Å². The molecule has 134 valence electrons. The predicted molar refractivity (Wildman–Crippen MR) is 98.8 cm³/mol. The Balaban J connectivity index is 1.87. The van der Waals surface area contributed by atoms with Crippen LogP contribution in [0.1, 0.15) is 18.2 Å². The quantitative estimate of drug-likeness (QED) is 0.681. The lowest BCUT2D eigenvalue weighted by Crippen LogP contribution is -2.00. The highest BCUT2D eigenvalue weighted by Crippen LogP contribution is 2.30. The highest BCUT2D eigenvalue weighted by atomic mass is 19.1. The average Bonchev–Trinajstić information content (AvgIpc) is 2.64. The smallest absolute Gasteiger partial charge is 0.142 e. The van der Waals surface area contributed by atoms with Crippen LogP contribution in [0.25, 0.3) is 11.3 Å². The summed E-state index contributed by atoms with van der Waals surface area (Å²) in [7, 11) is 1.50. The zero-order valence-corrected chi connectivity index (χ0v) is 14.7. The second kappa shape index (κ2) is 7.82. The molecular weight excluding hydrogens is 333 g/mol. The molecule has 5 nitrogen and oxygen atoms in total. The van der Waals surface area contributed by atoms with E-state index in [4.69, 9.17) is 15.2 Å². The summed E-state index contributed by atoms with van der Waals surface area (Å²) < 4.78 is 24.1. The highest BCUT2D eigenvalue weighted by molar-refractivity contribution is 5.67. The van der Waals surface area contributed by atoms with Crippen LogP contribution < -0.4 is 15.2 Å². The zero-order chi connectivity index (χ0) is 18.5. The van der Waals surface area contributed by atoms with Crippen molar-refractivity contribution >= 4 is 5.69 Å². The number of anilines is 1. The normalized spacial score (nSPS) is 10.6. The van der Waals surface area contributed by atoms with Crippen LogP contribution in [0.2, 0.25) is 0 Å². The third-order valence-electron chi connectivity index (χ3n) is 3.92. The van der Waals surface area contributed by atoms with Gasteiger partial charge in [-0.2, -0.15) is 0 Å². The van der Waals surface area contributed by atoms with Crippen molar-refractivity contribution in [1.29, 1.82) is 0 Å². The maximum Gasteiger partial charge on any atom is 0.142 e. The fraction of sp³-hybridized carbons (Fsp3) is 0.200. The Morgan fingerprint density at radius 3 is 2.62 bits per heavy atom. The van der Waals surface area contributed by atoms with E-state index in [9.17, 15) is 4.39 Å². The third kappa shape index (κ3) is 3.91. The molecule has 0 amide bonds. The first-order valence-corrected chi connectivity index (χ1v) is 8.26. The lowest BCUT2D eigenvalue weighted by Gasteiger charge is -2.10. The Morgan fingerprint density at radius 1 is 1.04 bits per heavy atom. The highest BCUT2D eigenvalue weighted by Gasteiger charge is 2.10. The molecule has 2 N–H and O–H groups in total. The van der Waals surface area contributed by atoms with Crippen LogP contribution in [0.4, 0.5) is 10.1 Å². The van der Waals surface area contributed by atoms with Gasteiger partial charge < -0.3 is 15.2 Å². The second-order valence-corrected chi connectivity index (χ2v) is 5.72. The molecule has 0 aliphatic heterocycles. The van der Waals surface area contributed by atoms with Crippen LogP contribution in [-0.2, 0) is 6.42 Å². The molecule has 0 aliphatic rings. The Bertz CT molecular complexity index is 915. The topological polar surface area (TPSA) is 70.3 Å². The summed E-state index contributed by atoms with van der Waals surface area (Å²) in [5.41, 5.74) is 9.84. The number of hydrogen-bond acceptors (Lipinski definition) is 5. The van der Waals surface area contributed by atoms with Gasteiger partial charge in [0.05, 0.1) is 25.1 Å². The van der Waals surface area contributed by atoms with Crippen molar-refractivity contribution in [3.05, 3.63) is 65.9 Å². The van der Waals surface area contributed by atoms with E-state index in [2.05, 4.69) is 9.97 Å². The van der Waals surface area contributed by atoms with Crippen LogP contribution in [-0.4, -0.2) is 23.7 Å². The minimum atomic E-state index is -0.357. The van der Waals surface area contributed by atoms with Crippen molar-refractivity contribution in [3.63, 3.8) is 0 Å². The van der Waals surface area contributed by atoms with Crippen LogP contribution in [0.15, 0.2) is 48.8 Å². The number of ether oxygens (including phenoxy) is 2. The number of aromatic nitrogens is 2. The predicted octanol–water partition coefficient (Wildman–Crippen LogP) is 3.86. The van der Waals surface area contributed by atoms with Crippen molar-refractivity contribution in [3.8, 4) is 22.8 Å². The molecule has 2 aromatic carbocycles. The Labute approximate surface area is 151 Å². The van der Waals surface area contributed by atoms with Crippen molar-refractivity contribution in [1.82, 2.24) is 9.97 Å². The molecule has 0 atom stereocenters. The molecule has 0 radical (unpaired) electrons. The largest absolute Gasteiger partial charge is 0.496 e. The summed E-state index contributed by atoms with van der Waals surface area (Å²) in [6.07, 6.45) is 2.08. The van der Waals surface area contributed by atoms with E-state index in [1.54, 1.807) is 6.07 Å². The number of nitrogens with zero attached hydrogens (tertiary/aromatic N) is 2. The van der Waals surface area contributed by atoms with Crippen molar-refractivity contribution in [2.45, 2.75) is 13.3 Å². The summed E-state index contributed by atoms with van der Waals surface area (Å²) in [6.45, 7) is 2.48. The van der Waals surface area contributed by atoms with Crippen LogP contribution in [0, 0.1) is 5.82 Å². The van der Waals surface area contributed by atoms with Gasteiger partial charge in [0.1, 0.15) is 23.6 Å². The van der Waals surface area contributed by atoms with Gasteiger partial charge in [-0.3, -0.25) is 0 Å². The van der Waals surface area contributed by atoms with E-state index >= 15 is 0 Å². The van der Waals surface area contributed by atoms with Crippen LogP contribution >= 0.6 is 0 Å². The summed E-state index contributed by atoms with van der Waals surface area (Å²) in [6, 6.07) is 11.9. The summed E-state index contributed by atoms with van der Waals surface area (Å²) in [5, 5.41) is 0. The summed E-state index contributed by atoms with van der Waals surface area (Å²) in [4.78, 5) is 8.61. The third-order valence-corrected chi connectivity index (χ3v) is 3.92. The minimum Gasteiger partial charge on any atom is -0.496 e. The van der Waals surface area contributed by atoms with Gasteiger partial charge in [-0.1, -0.05) is 6.07 Å². The van der Waals surface area contributed by atoms with Gasteiger partial charge in [0.15, 0.2) is 0 Å². The fourth-order valence-corrected chi connectivity index (χ4v) is 2.72. The molecule has 0 fully saturated rings. The molecule has 0 aliphatic carbocycles. The molecule has 1 aromatic heterocycles. The van der Waals surface area contributed by atoms with E-state index in [1.807, 2.05) is 31.2 Å². The lowest BCUT2D eigenvalue weighted by molar-refractivity contribution is 0.342. The maximum absolute atomic E-state index is 13.4. The lowest BCUT2D eigenvalue weighted by atomic mass is 10.1. The first-order chi connectivity index (χ1) is 12.6. The Hall–Kier alpha value is -3.15. The number of rotatable bonds is 6. The molecule has 3 aromatic rings. The van der Waals surface area contributed by atoms with E-state index in [1.165, 1.54) is 25.6 Å². The standard InChI is InChI=1S/C20H20FN3O2/c1-3-26-19-7-4-13(9-17(19)22)8-15-11-18(24-12-23-15)16-6-5-14(21)10-20(16)25-2/h4-7,9-12H,3,8,22H2,1-2H3. The van der Waals surface area contributed by atoms with Crippen molar-refractivity contribution in [2.75, 3.05) is 19.5 Å². The zero-order valence-electron chi connectivity index (χ0n) is 14.7. The van der Waals surface area contributed by atoms with Crippen LogP contribution in [0.5, 0.6) is 11.5 Å². The number of hydrogen-bond donors (Lipinski definition) is 1.